The van der Waals surface area contributed by atoms with Crippen LogP contribution in [0.25, 0.3) is 10.2 Å². The SMILES string of the molecule is Cc1c(C(=O)NCc2cc(F)ccc2F)sc2ncnc(NCC3CCS(=O)(=O)C3)c12. The lowest BCUT2D eigenvalue weighted by molar-refractivity contribution is 0.0954. The summed E-state index contributed by atoms with van der Waals surface area (Å²) in [6.45, 7) is 2.08. The van der Waals surface area contributed by atoms with Crippen molar-refractivity contribution in [1.82, 2.24) is 15.3 Å². The van der Waals surface area contributed by atoms with E-state index in [0.717, 1.165) is 18.2 Å². The number of amides is 1. The lowest BCUT2D eigenvalue weighted by Crippen LogP contribution is -2.23. The highest BCUT2D eigenvalue weighted by Crippen LogP contribution is 2.33. The van der Waals surface area contributed by atoms with E-state index >= 15 is 0 Å². The highest BCUT2D eigenvalue weighted by molar-refractivity contribution is 7.91. The first-order valence-corrected chi connectivity index (χ1v) is 12.3. The molecule has 1 amide bonds. The Balaban J connectivity index is 1.51. The molecular weight excluding hydrogens is 446 g/mol. The number of carbonyl (C=O) groups is 1. The highest BCUT2D eigenvalue weighted by atomic mass is 32.2. The second-order valence-corrected chi connectivity index (χ2v) is 10.8. The molecule has 1 unspecified atom stereocenters. The number of nitrogens with zero attached hydrogens (tertiary/aromatic N) is 2. The van der Waals surface area contributed by atoms with E-state index in [4.69, 9.17) is 0 Å². The van der Waals surface area contributed by atoms with Crippen LogP contribution in [-0.4, -0.2) is 42.3 Å². The van der Waals surface area contributed by atoms with Gasteiger partial charge in [0.15, 0.2) is 9.84 Å². The maximum atomic E-state index is 13.8. The van der Waals surface area contributed by atoms with Gasteiger partial charge >= 0.3 is 0 Å². The summed E-state index contributed by atoms with van der Waals surface area (Å²) < 4.78 is 50.5. The predicted molar refractivity (Wildman–Crippen MR) is 115 cm³/mol. The van der Waals surface area contributed by atoms with Gasteiger partial charge in [-0.1, -0.05) is 0 Å². The van der Waals surface area contributed by atoms with Gasteiger partial charge in [-0.3, -0.25) is 4.79 Å². The number of hydrogen-bond acceptors (Lipinski definition) is 7. The molecule has 0 saturated carbocycles. The number of carbonyl (C=O) groups excluding carboxylic acids is 1. The van der Waals surface area contributed by atoms with Crippen molar-refractivity contribution in [3.63, 3.8) is 0 Å². The van der Waals surface area contributed by atoms with Crippen LogP contribution in [0.2, 0.25) is 0 Å². The average Bonchev–Trinajstić information content (AvgIpc) is 3.26. The fourth-order valence-corrected chi connectivity index (χ4v) is 6.56. The number of nitrogens with one attached hydrogen (secondary N) is 2. The molecule has 2 N–H and O–H groups in total. The van der Waals surface area contributed by atoms with Crippen LogP contribution in [0.5, 0.6) is 0 Å². The van der Waals surface area contributed by atoms with Crippen molar-refractivity contribution in [3.8, 4) is 0 Å². The van der Waals surface area contributed by atoms with E-state index in [0.29, 0.717) is 39.4 Å². The number of anilines is 1. The normalized spacial score (nSPS) is 17.7. The van der Waals surface area contributed by atoms with E-state index in [-0.39, 0.29) is 29.5 Å². The first-order chi connectivity index (χ1) is 14.7. The molecule has 31 heavy (non-hydrogen) atoms. The third-order valence-electron chi connectivity index (χ3n) is 5.27. The molecule has 11 heteroatoms. The highest BCUT2D eigenvalue weighted by Gasteiger charge is 2.28. The van der Waals surface area contributed by atoms with Crippen LogP contribution < -0.4 is 10.6 Å². The third kappa shape index (κ3) is 4.67. The van der Waals surface area contributed by atoms with Gasteiger partial charge in [-0.25, -0.2) is 27.2 Å². The van der Waals surface area contributed by atoms with Gasteiger partial charge in [0.05, 0.1) is 21.8 Å². The Morgan fingerprint density at radius 3 is 2.84 bits per heavy atom. The minimum absolute atomic E-state index is 0.0119. The number of sulfone groups is 1. The minimum Gasteiger partial charge on any atom is -0.369 e. The lowest BCUT2D eigenvalue weighted by atomic mass is 10.1. The van der Waals surface area contributed by atoms with Crippen molar-refractivity contribution in [2.75, 3.05) is 23.4 Å². The van der Waals surface area contributed by atoms with Gasteiger partial charge in [0.2, 0.25) is 0 Å². The van der Waals surface area contributed by atoms with Gasteiger partial charge in [0.25, 0.3) is 5.91 Å². The maximum Gasteiger partial charge on any atom is 0.261 e. The number of halogens is 2. The van der Waals surface area contributed by atoms with Crippen molar-refractivity contribution in [3.05, 3.63) is 52.2 Å². The second-order valence-electron chi connectivity index (χ2n) is 7.53. The van der Waals surface area contributed by atoms with Gasteiger partial charge in [0.1, 0.15) is 28.6 Å². The Morgan fingerprint density at radius 1 is 1.29 bits per heavy atom. The molecule has 2 aromatic heterocycles. The Kier molecular flexibility index (Phi) is 5.89. The van der Waals surface area contributed by atoms with Gasteiger partial charge in [-0.05, 0) is 43.0 Å². The Bertz CT molecular complexity index is 1260. The molecule has 1 atom stereocenters. The summed E-state index contributed by atoms with van der Waals surface area (Å²) in [6, 6.07) is 3.08. The van der Waals surface area contributed by atoms with Crippen molar-refractivity contribution in [1.29, 1.82) is 0 Å². The molecule has 7 nitrogen and oxygen atoms in total. The zero-order chi connectivity index (χ0) is 22.2. The van der Waals surface area contributed by atoms with E-state index in [9.17, 15) is 22.0 Å². The molecule has 3 heterocycles. The summed E-state index contributed by atoms with van der Waals surface area (Å²) in [5, 5.41) is 6.51. The zero-order valence-corrected chi connectivity index (χ0v) is 18.2. The zero-order valence-electron chi connectivity index (χ0n) is 16.6. The van der Waals surface area contributed by atoms with E-state index in [1.165, 1.54) is 17.7 Å². The summed E-state index contributed by atoms with van der Waals surface area (Å²) in [7, 11) is -2.97. The van der Waals surface area contributed by atoms with Crippen molar-refractivity contribution >= 4 is 43.1 Å². The van der Waals surface area contributed by atoms with E-state index in [1.54, 1.807) is 6.92 Å². The summed E-state index contributed by atoms with van der Waals surface area (Å²) in [5.41, 5.74) is 0.722. The molecule has 1 aromatic carbocycles. The van der Waals surface area contributed by atoms with Crippen LogP contribution in [0, 0.1) is 24.5 Å². The quantitative estimate of drug-likeness (QED) is 0.579. The molecular formula is C20H20F2N4O3S2. The summed E-state index contributed by atoms with van der Waals surface area (Å²) >= 11 is 1.18. The topological polar surface area (TPSA) is 101 Å². The van der Waals surface area contributed by atoms with E-state index < -0.39 is 27.4 Å². The Morgan fingerprint density at radius 2 is 2.10 bits per heavy atom. The van der Waals surface area contributed by atoms with Crippen LogP contribution in [0.3, 0.4) is 0 Å². The minimum atomic E-state index is -2.97. The first-order valence-electron chi connectivity index (χ1n) is 9.64. The van der Waals surface area contributed by atoms with E-state index in [1.807, 2.05) is 0 Å². The van der Waals surface area contributed by atoms with Crippen LogP contribution in [0.15, 0.2) is 24.5 Å². The first kappa shape index (κ1) is 21.6. The van der Waals surface area contributed by atoms with E-state index in [2.05, 4.69) is 20.6 Å². The van der Waals surface area contributed by atoms with Crippen molar-refractivity contribution in [2.24, 2.45) is 5.92 Å². The molecule has 1 fully saturated rings. The number of hydrogen-bond donors (Lipinski definition) is 2. The number of fused-ring (bicyclic) bond motifs is 1. The molecule has 0 spiro atoms. The fourth-order valence-electron chi connectivity index (χ4n) is 3.63. The van der Waals surface area contributed by atoms with Crippen molar-refractivity contribution in [2.45, 2.75) is 19.9 Å². The smallest absolute Gasteiger partial charge is 0.261 e. The molecule has 1 aliphatic rings. The predicted octanol–water partition coefficient (Wildman–Crippen LogP) is 3.05. The molecule has 0 bridgehead atoms. The number of thiophene rings is 1. The number of aryl methyl sites for hydroxylation is 1. The van der Waals surface area contributed by atoms with Gasteiger partial charge < -0.3 is 10.6 Å². The summed E-state index contributed by atoms with van der Waals surface area (Å²) in [5.74, 6) is -0.688. The van der Waals surface area contributed by atoms with Gasteiger partial charge in [0, 0.05) is 18.7 Å². The number of benzene rings is 1. The third-order valence-corrected chi connectivity index (χ3v) is 8.30. The largest absolute Gasteiger partial charge is 0.369 e. The number of rotatable bonds is 6. The Hall–Kier alpha value is -2.66. The lowest BCUT2D eigenvalue weighted by Gasteiger charge is -2.11. The fraction of sp³-hybridized carbons (Fsp3) is 0.350. The van der Waals surface area contributed by atoms with Crippen LogP contribution in [0.1, 0.15) is 27.2 Å². The summed E-state index contributed by atoms with van der Waals surface area (Å²) in [6.07, 6.45) is 1.99. The molecule has 0 radical (unpaired) electrons. The Labute approximate surface area is 181 Å². The van der Waals surface area contributed by atoms with Crippen LogP contribution >= 0.6 is 11.3 Å². The number of aromatic nitrogens is 2. The maximum absolute atomic E-state index is 13.8. The standard InChI is InChI=1S/C20H20F2N4O3S2/c1-11-16-18(23-7-12-4-5-31(28,29)9-12)25-10-26-20(16)30-17(11)19(27)24-8-13-6-14(21)2-3-15(13)22/h2-3,6,10,12H,4-5,7-9H2,1H3,(H,24,27)(H,23,25,26). The second kappa shape index (κ2) is 8.46. The molecule has 4 rings (SSSR count). The monoisotopic (exact) mass is 466 g/mol. The van der Waals surface area contributed by atoms with Gasteiger partial charge in [-0.15, -0.1) is 11.3 Å². The molecule has 3 aromatic rings. The molecule has 1 saturated heterocycles. The molecule has 164 valence electrons. The average molecular weight is 467 g/mol. The van der Waals surface area contributed by atoms with Crippen LogP contribution in [-0.2, 0) is 16.4 Å². The molecule has 1 aliphatic heterocycles. The van der Waals surface area contributed by atoms with Gasteiger partial charge in [-0.2, -0.15) is 0 Å². The summed E-state index contributed by atoms with van der Waals surface area (Å²) in [4.78, 5) is 22.2. The van der Waals surface area contributed by atoms with Crippen LogP contribution in [0.4, 0.5) is 14.6 Å². The molecule has 0 aliphatic carbocycles. The van der Waals surface area contributed by atoms with Crippen molar-refractivity contribution < 1.29 is 22.0 Å².